The van der Waals surface area contributed by atoms with E-state index in [1.807, 2.05) is 24.3 Å². The van der Waals surface area contributed by atoms with Crippen molar-refractivity contribution in [1.82, 2.24) is 5.32 Å². The molecule has 4 heteroatoms. The molecule has 2 N–H and O–H groups in total. The van der Waals surface area contributed by atoms with Gasteiger partial charge in [0.25, 0.3) is 0 Å². The fourth-order valence-electron chi connectivity index (χ4n) is 1.53. The van der Waals surface area contributed by atoms with Gasteiger partial charge in [-0.1, -0.05) is 18.2 Å². The smallest absolute Gasteiger partial charge is 0.303 e. The zero-order valence-electron chi connectivity index (χ0n) is 9.27. The lowest BCUT2D eigenvalue weighted by molar-refractivity contribution is -0.138. The number of nitrogens with one attached hydrogen (secondary N) is 1. The number of carbonyl (C=O) groups excluding carboxylic acids is 1. The second kappa shape index (κ2) is 4.82. The van der Waals surface area contributed by atoms with E-state index in [4.69, 9.17) is 5.11 Å². The Balaban J connectivity index is 1.88. The van der Waals surface area contributed by atoms with E-state index in [0.717, 1.165) is 6.42 Å². The summed E-state index contributed by atoms with van der Waals surface area (Å²) in [7, 11) is 0. The molecule has 0 aromatic rings. The Morgan fingerprint density at radius 3 is 2.71 bits per heavy atom. The highest BCUT2D eigenvalue weighted by atomic mass is 16.4. The highest BCUT2D eigenvalue weighted by Gasteiger charge is 2.16. The Hall–Kier alpha value is -2.10. The molecule has 0 spiro atoms. The molecule has 0 unspecified atom stereocenters. The van der Waals surface area contributed by atoms with Crippen molar-refractivity contribution < 1.29 is 14.7 Å². The molecule has 0 aromatic carbocycles. The van der Waals surface area contributed by atoms with E-state index in [-0.39, 0.29) is 18.7 Å². The molecular formula is C13H13NO3. The van der Waals surface area contributed by atoms with Gasteiger partial charge >= 0.3 is 5.97 Å². The lowest BCUT2D eigenvalue weighted by atomic mass is 10.2. The third kappa shape index (κ3) is 3.45. The van der Waals surface area contributed by atoms with Crippen LogP contribution in [-0.2, 0) is 9.59 Å². The van der Waals surface area contributed by atoms with Crippen molar-refractivity contribution in [1.29, 1.82) is 0 Å². The minimum Gasteiger partial charge on any atom is -0.481 e. The predicted molar refractivity (Wildman–Crippen MR) is 63.0 cm³/mol. The molecule has 2 aliphatic rings. The first-order valence-electron chi connectivity index (χ1n) is 5.45. The van der Waals surface area contributed by atoms with Gasteiger partial charge in [-0.05, 0) is 29.7 Å². The van der Waals surface area contributed by atoms with Crippen LogP contribution in [-0.4, -0.2) is 17.0 Å². The van der Waals surface area contributed by atoms with Crippen LogP contribution in [0.1, 0.15) is 19.3 Å². The van der Waals surface area contributed by atoms with Crippen molar-refractivity contribution in [3.8, 4) is 0 Å². The quantitative estimate of drug-likeness (QED) is 0.773. The number of allylic oxidation sites excluding steroid dienone is 7. The van der Waals surface area contributed by atoms with Crippen LogP contribution in [0, 0.1) is 0 Å². The second-order valence-corrected chi connectivity index (χ2v) is 3.98. The van der Waals surface area contributed by atoms with Gasteiger partial charge < -0.3 is 10.4 Å². The first kappa shape index (κ1) is 11.4. The van der Waals surface area contributed by atoms with Crippen LogP contribution < -0.4 is 5.32 Å². The molecule has 0 heterocycles. The molecule has 0 radical (unpaired) electrons. The Labute approximate surface area is 99.0 Å². The molecule has 0 saturated carbocycles. The van der Waals surface area contributed by atoms with Gasteiger partial charge in [0.2, 0.25) is 5.91 Å². The van der Waals surface area contributed by atoms with E-state index in [9.17, 15) is 9.59 Å². The molecule has 17 heavy (non-hydrogen) atoms. The molecular weight excluding hydrogens is 218 g/mol. The number of carbonyl (C=O) groups is 2. The third-order valence-electron chi connectivity index (χ3n) is 2.56. The number of aliphatic carboxylic acids is 1. The van der Waals surface area contributed by atoms with Crippen LogP contribution in [0.5, 0.6) is 0 Å². The predicted octanol–water partition coefficient (Wildman–Crippen LogP) is 1.68. The molecule has 0 saturated heterocycles. The molecule has 4 nitrogen and oxygen atoms in total. The van der Waals surface area contributed by atoms with Crippen LogP contribution in [0.4, 0.5) is 0 Å². The van der Waals surface area contributed by atoms with Crippen molar-refractivity contribution in [2.75, 3.05) is 0 Å². The minimum atomic E-state index is -0.963. The number of rotatable bonds is 4. The molecule has 1 amide bonds. The topological polar surface area (TPSA) is 66.4 Å². The fraction of sp³-hybridized carbons (Fsp3) is 0.231. The van der Waals surface area contributed by atoms with E-state index in [1.165, 1.54) is 11.1 Å². The zero-order valence-corrected chi connectivity index (χ0v) is 9.27. The summed E-state index contributed by atoms with van der Waals surface area (Å²) in [5.41, 5.74) is 3.30. The van der Waals surface area contributed by atoms with E-state index < -0.39 is 5.97 Å². The average Bonchev–Trinajstić information content (AvgIpc) is 2.97. The molecule has 2 aliphatic carbocycles. The zero-order chi connectivity index (χ0) is 12.3. The minimum absolute atomic E-state index is 0.00181. The summed E-state index contributed by atoms with van der Waals surface area (Å²) in [5, 5.41) is 11.1. The van der Waals surface area contributed by atoms with Crippen LogP contribution in [0.25, 0.3) is 0 Å². The molecule has 2 rings (SSSR count). The van der Waals surface area contributed by atoms with E-state index in [1.54, 1.807) is 6.08 Å². The van der Waals surface area contributed by atoms with Gasteiger partial charge in [-0.2, -0.15) is 0 Å². The van der Waals surface area contributed by atoms with Gasteiger partial charge in [0, 0.05) is 12.1 Å². The molecule has 88 valence electrons. The highest BCUT2D eigenvalue weighted by Crippen LogP contribution is 2.33. The van der Waals surface area contributed by atoms with E-state index >= 15 is 0 Å². The van der Waals surface area contributed by atoms with Crippen molar-refractivity contribution in [2.45, 2.75) is 19.3 Å². The molecule has 0 fully saturated rings. The van der Waals surface area contributed by atoms with E-state index in [2.05, 4.69) is 5.32 Å². The fourth-order valence-corrected chi connectivity index (χ4v) is 1.53. The summed E-state index contributed by atoms with van der Waals surface area (Å²) in [6, 6.07) is 0. The van der Waals surface area contributed by atoms with E-state index in [0.29, 0.717) is 5.70 Å². The van der Waals surface area contributed by atoms with Crippen LogP contribution in [0.15, 0.2) is 47.2 Å². The number of carboxylic acids is 1. The van der Waals surface area contributed by atoms with Crippen LogP contribution in [0.3, 0.4) is 0 Å². The summed E-state index contributed by atoms with van der Waals surface area (Å²) >= 11 is 0. The normalized spacial score (nSPS) is 16.8. The highest BCUT2D eigenvalue weighted by molar-refractivity contribution is 5.82. The van der Waals surface area contributed by atoms with Gasteiger partial charge in [0.15, 0.2) is 0 Å². The summed E-state index contributed by atoms with van der Waals surface area (Å²) in [4.78, 5) is 21.7. The number of hydrogen-bond acceptors (Lipinski definition) is 2. The van der Waals surface area contributed by atoms with Gasteiger partial charge in [0.1, 0.15) is 0 Å². The summed E-state index contributed by atoms with van der Waals surface area (Å²) in [6.07, 6.45) is 10.4. The Kier molecular flexibility index (Phi) is 3.23. The van der Waals surface area contributed by atoms with Gasteiger partial charge in [-0.3, -0.25) is 9.59 Å². The van der Waals surface area contributed by atoms with Gasteiger partial charge in [-0.15, -0.1) is 0 Å². The molecule has 0 aromatic heterocycles. The number of hydrogen-bond donors (Lipinski definition) is 2. The first-order chi connectivity index (χ1) is 8.15. The van der Waals surface area contributed by atoms with Crippen molar-refractivity contribution in [3.63, 3.8) is 0 Å². The Morgan fingerprint density at radius 2 is 1.94 bits per heavy atom. The standard InChI is InChI=1S/C13H13NO3/c15-12(6-7-13(16)17)14-11-3-1-2-9-8-10(9)4-5-11/h1-5H,6-8H2,(H,14,15)(H,16,17). The maximum absolute atomic E-state index is 11.4. The second-order valence-electron chi connectivity index (χ2n) is 3.98. The number of carboxylic acid groups (broad SMARTS) is 1. The van der Waals surface area contributed by atoms with Crippen molar-refractivity contribution in [2.24, 2.45) is 0 Å². The first-order valence-corrected chi connectivity index (χ1v) is 5.45. The number of amides is 1. The van der Waals surface area contributed by atoms with Gasteiger partial charge in [-0.25, -0.2) is 0 Å². The summed E-state index contributed by atoms with van der Waals surface area (Å²) < 4.78 is 0. The Morgan fingerprint density at radius 1 is 1.18 bits per heavy atom. The Bertz CT molecular complexity index is 481. The average molecular weight is 231 g/mol. The SMILES string of the molecule is O=C(O)CCC(=O)NC1=CC=CC2=C(C=C1)C2. The largest absolute Gasteiger partial charge is 0.481 e. The lowest BCUT2D eigenvalue weighted by Gasteiger charge is -2.04. The maximum Gasteiger partial charge on any atom is 0.303 e. The summed E-state index contributed by atoms with van der Waals surface area (Å²) in [5.74, 6) is -1.24. The molecule has 0 aliphatic heterocycles. The molecule has 0 atom stereocenters. The van der Waals surface area contributed by atoms with Crippen molar-refractivity contribution in [3.05, 3.63) is 47.2 Å². The van der Waals surface area contributed by atoms with Gasteiger partial charge in [0.05, 0.1) is 6.42 Å². The molecule has 0 bridgehead atoms. The monoisotopic (exact) mass is 231 g/mol. The van der Waals surface area contributed by atoms with Crippen molar-refractivity contribution >= 4 is 11.9 Å². The third-order valence-corrected chi connectivity index (χ3v) is 2.56. The summed E-state index contributed by atoms with van der Waals surface area (Å²) in [6.45, 7) is 0. The lowest BCUT2D eigenvalue weighted by Crippen LogP contribution is -2.22. The maximum atomic E-state index is 11.4. The van der Waals surface area contributed by atoms with Crippen LogP contribution in [0.2, 0.25) is 0 Å². The van der Waals surface area contributed by atoms with Crippen LogP contribution >= 0.6 is 0 Å².